The van der Waals surface area contributed by atoms with Crippen LogP contribution in [0.5, 0.6) is 0 Å². The van der Waals surface area contributed by atoms with Crippen LogP contribution in [0.1, 0.15) is 22.5 Å². The van der Waals surface area contributed by atoms with Crippen LogP contribution in [0.25, 0.3) is 5.78 Å². The number of nitrogens with zero attached hydrogens (tertiary/aromatic N) is 5. The molecule has 176 valence electrons. The lowest BCUT2D eigenvalue weighted by molar-refractivity contribution is -0.137. The van der Waals surface area contributed by atoms with Crippen molar-refractivity contribution in [2.45, 2.75) is 31.6 Å². The summed E-state index contributed by atoms with van der Waals surface area (Å²) in [7, 11) is 0. The van der Waals surface area contributed by atoms with Gasteiger partial charge in [0.1, 0.15) is 0 Å². The van der Waals surface area contributed by atoms with Gasteiger partial charge in [0.05, 0.1) is 36.6 Å². The molecule has 0 spiro atoms. The molecule has 0 radical (unpaired) electrons. The lowest BCUT2D eigenvalue weighted by Gasteiger charge is -2.31. The second-order valence-corrected chi connectivity index (χ2v) is 8.40. The first-order valence-electron chi connectivity index (χ1n) is 10.3. The molecule has 0 aliphatic carbocycles. The van der Waals surface area contributed by atoms with Gasteiger partial charge < -0.3 is 15.0 Å². The molecule has 4 rings (SSSR count). The van der Waals surface area contributed by atoms with Crippen molar-refractivity contribution >= 4 is 34.8 Å². The standard InChI is InChI=1S/C21H23F3N6O2S/c1-12-15(13(2)30-19(25-12)27-20(28-30)33-3)11-18(31)26-16-10-14(21(22,23)24)4-5-17(16)29-6-8-32-9-7-29/h4-5,10H,6-9,11H2,1-3H3,(H,26,31). The van der Waals surface area contributed by atoms with Crippen molar-refractivity contribution < 1.29 is 22.7 Å². The molecule has 0 atom stereocenters. The Kier molecular flexibility index (Phi) is 6.48. The number of aryl methyl sites for hydroxylation is 2. The Morgan fingerprint density at radius 2 is 1.94 bits per heavy atom. The van der Waals surface area contributed by atoms with E-state index in [1.165, 1.54) is 17.8 Å². The first-order valence-corrected chi connectivity index (χ1v) is 11.5. The zero-order valence-electron chi connectivity index (χ0n) is 18.4. The number of ether oxygens (including phenoxy) is 1. The highest BCUT2D eigenvalue weighted by molar-refractivity contribution is 7.98. The van der Waals surface area contributed by atoms with Gasteiger partial charge in [-0.3, -0.25) is 4.79 Å². The minimum atomic E-state index is -4.52. The van der Waals surface area contributed by atoms with E-state index in [4.69, 9.17) is 4.74 Å². The summed E-state index contributed by atoms with van der Waals surface area (Å²) < 4.78 is 46.9. The molecule has 33 heavy (non-hydrogen) atoms. The second kappa shape index (κ2) is 9.18. The number of hydrogen-bond donors (Lipinski definition) is 1. The number of aromatic nitrogens is 4. The molecule has 1 aromatic carbocycles. The van der Waals surface area contributed by atoms with Gasteiger partial charge in [0.25, 0.3) is 5.78 Å². The molecule has 0 bridgehead atoms. The van der Waals surface area contributed by atoms with Crippen molar-refractivity contribution in [2.75, 3.05) is 42.8 Å². The largest absolute Gasteiger partial charge is 0.416 e. The Labute approximate surface area is 192 Å². The first-order chi connectivity index (χ1) is 15.7. The molecule has 1 saturated heterocycles. The molecule has 1 aliphatic rings. The van der Waals surface area contributed by atoms with Crippen LogP contribution in [0, 0.1) is 13.8 Å². The third kappa shape index (κ3) is 4.91. The van der Waals surface area contributed by atoms with Gasteiger partial charge in [-0.15, -0.1) is 5.10 Å². The Balaban J connectivity index is 1.64. The van der Waals surface area contributed by atoms with Crippen molar-refractivity contribution in [2.24, 2.45) is 0 Å². The molecule has 0 unspecified atom stereocenters. The molecule has 8 nitrogen and oxygen atoms in total. The summed E-state index contributed by atoms with van der Waals surface area (Å²) in [5.41, 5.74) is 1.80. The average Bonchev–Trinajstić information content (AvgIpc) is 3.20. The summed E-state index contributed by atoms with van der Waals surface area (Å²) in [5, 5.41) is 7.62. The quantitative estimate of drug-likeness (QED) is 0.560. The van der Waals surface area contributed by atoms with E-state index in [-0.39, 0.29) is 12.1 Å². The maximum absolute atomic E-state index is 13.3. The molecule has 1 amide bonds. The van der Waals surface area contributed by atoms with Gasteiger partial charge in [-0.05, 0) is 38.3 Å². The van der Waals surface area contributed by atoms with Crippen molar-refractivity contribution in [3.05, 3.63) is 40.7 Å². The Morgan fingerprint density at radius 3 is 2.61 bits per heavy atom. The summed E-state index contributed by atoms with van der Waals surface area (Å²) in [6.07, 6.45) is -2.73. The van der Waals surface area contributed by atoms with Crippen molar-refractivity contribution in [3.8, 4) is 0 Å². The van der Waals surface area contributed by atoms with Crippen LogP contribution in [0.4, 0.5) is 24.5 Å². The van der Waals surface area contributed by atoms with E-state index in [2.05, 4.69) is 20.4 Å². The number of morpholine rings is 1. The number of amides is 1. The highest BCUT2D eigenvalue weighted by atomic mass is 32.2. The SMILES string of the molecule is CSc1nc2nc(C)c(CC(=O)Nc3cc(C(F)(F)F)ccc3N3CCOCC3)c(C)n2n1. The monoisotopic (exact) mass is 480 g/mol. The normalized spacial score (nSPS) is 14.7. The summed E-state index contributed by atoms with van der Waals surface area (Å²) in [4.78, 5) is 23.6. The van der Waals surface area contributed by atoms with Crippen LogP contribution in [0.15, 0.2) is 23.4 Å². The molecule has 1 aliphatic heterocycles. The van der Waals surface area contributed by atoms with Crippen molar-refractivity contribution in [1.29, 1.82) is 0 Å². The van der Waals surface area contributed by atoms with Crippen LogP contribution in [0.3, 0.4) is 0 Å². The molecule has 0 saturated carbocycles. The van der Waals surface area contributed by atoms with Crippen LogP contribution in [-0.4, -0.2) is 58.0 Å². The number of nitrogens with one attached hydrogen (secondary N) is 1. The molecular formula is C21H23F3N6O2S. The minimum absolute atomic E-state index is 0.0616. The van der Waals surface area contributed by atoms with E-state index < -0.39 is 17.6 Å². The summed E-state index contributed by atoms with van der Waals surface area (Å²) in [6, 6.07) is 3.40. The van der Waals surface area contributed by atoms with Crippen LogP contribution in [-0.2, 0) is 22.1 Å². The predicted octanol–water partition coefficient (Wildman–Crippen LogP) is 3.50. The third-order valence-corrected chi connectivity index (χ3v) is 6.04. The molecule has 2 aromatic heterocycles. The van der Waals surface area contributed by atoms with E-state index >= 15 is 0 Å². The molecular weight excluding hydrogens is 457 g/mol. The van der Waals surface area contributed by atoms with Crippen molar-refractivity contribution in [1.82, 2.24) is 19.6 Å². The summed E-state index contributed by atoms with van der Waals surface area (Å²) >= 11 is 1.38. The summed E-state index contributed by atoms with van der Waals surface area (Å²) in [6.45, 7) is 5.57. The molecule has 12 heteroatoms. The molecule has 1 N–H and O–H groups in total. The lowest BCUT2D eigenvalue weighted by Crippen LogP contribution is -2.37. The predicted molar refractivity (Wildman–Crippen MR) is 119 cm³/mol. The first kappa shape index (κ1) is 23.3. The minimum Gasteiger partial charge on any atom is -0.378 e. The average molecular weight is 481 g/mol. The molecule has 3 heterocycles. The van der Waals surface area contributed by atoms with Gasteiger partial charge in [0.15, 0.2) is 0 Å². The number of alkyl halides is 3. The number of carbonyl (C=O) groups is 1. The Bertz CT molecular complexity index is 1190. The Hall–Kier alpha value is -2.86. The van der Waals surface area contributed by atoms with Gasteiger partial charge in [-0.1, -0.05) is 11.8 Å². The smallest absolute Gasteiger partial charge is 0.378 e. The number of thioether (sulfide) groups is 1. The van der Waals surface area contributed by atoms with E-state index in [9.17, 15) is 18.0 Å². The van der Waals surface area contributed by atoms with Crippen LogP contribution in [0.2, 0.25) is 0 Å². The fraction of sp³-hybridized carbons (Fsp3) is 0.429. The third-order valence-electron chi connectivity index (χ3n) is 5.50. The highest BCUT2D eigenvalue weighted by Gasteiger charge is 2.32. The second-order valence-electron chi connectivity index (χ2n) is 7.63. The number of halogens is 3. The number of rotatable bonds is 5. The number of benzene rings is 1. The van der Waals surface area contributed by atoms with E-state index in [1.54, 1.807) is 11.4 Å². The fourth-order valence-electron chi connectivity index (χ4n) is 3.78. The fourth-order valence-corrected chi connectivity index (χ4v) is 4.12. The topological polar surface area (TPSA) is 84.7 Å². The zero-order chi connectivity index (χ0) is 23.8. The van der Waals surface area contributed by atoms with Crippen LogP contribution < -0.4 is 10.2 Å². The van der Waals surface area contributed by atoms with E-state index in [1.807, 2.05) is 18.1 Å². The van der Waals surface area contributed by atoms with Gasteiger partial charge in [-0.2, -0.15) is 18.2 Å². The number of hydrogen-bond acceptors (Lipinski definition) is 7. The summed E-state index contributed by atoms with van der Waals surface area (Å²) in [5.74, 6) is -0.00706. The van der Waals surface area contributed by atoms with Crippen molar-refractivity contribution in [3.63, 3.8) is 0 Å². The van der Waals surface area contributed by atoms with Gasteiger partial charge in [-0.25, -0.2) is 9.50 Å². The van der Waals surface area contributed by atoms with Crippen LogP contribution >= 0.6 is 11.8 Å². The van der Waals surface area contributed by atoms with Gasteiger partial charge in [0, 0.05) is 30.0 Å². The van der Waals surface area contributed by atoms with E-state index in [0.29, 0.717) is 59.9 Å². The maximum Gasteiger partial charge on any atom is 0.416 e. The lowest BCUT2D eigenvalue weighted by atomic mass is 10.1. The number of fused-ring (bicyclic) bond motifs is 1. The number of carbonyl (C=O) groups excluding carboxylic acids is 1. The molecule has 3 aromatic rings. The van der Waals surface area contributed by atoms with E-state index in [0.717, 1.165) is 12.1 Å². The van der Waals surface area contributed by atoms with Gasteiger partial charge >= 0.3 is 6.18 Å². The number of anilines is 2. The highest BCUT2D eigenvalue weighted by Crippen LogP contribution is 2.36. The van der Waals surface area contributed by atoms with Gasteiger partial charge in [0.2, 0.25) is 11.1 Å². The maximum atomic E-state index is 13.3. The Morgan fingerprint density at radius 1 is 1.21 bits per heavy atom. The zero-order valence-corrected chi connectivity index (χ0v) is 19.2. The molecule has 1 fully saturated rings.